The van der Waals surface area contributed by atoms with E-state index in [2.05, 4.69) is 10.1 Å². The first kappa shape index (κ1) is 13.9. The second-order valence-electron chi connectivity index (χ2n) is 6.12. The van der Waals surface area contributed by atoms with Crippen molar-refractivity contribution >= 4 is 9.84 Å². The Hall–Kier alpha value is -1.76. The minimum atomic E-state index is -3.53. The summed E-state index contributed by atoms with van der Waals surface area (Å²) in [5.74, 6) is 0.259. The Kier molecular flexibility index (Phi) is 2.91. The second kappa shape index (κ2) is 4.62. The van der Waals surface area contributed by atoms with Crippen molar-refractivity contribution in [1.82, 2.24) is 14.8 Å². The van der Waals surface area contributed by atoms with Gasteiger partial charge in [0.25, 0.3) is 5.16 Å². The average Bonchev–Trinajstić information content (AvgIpc) is 2.97. The fourth-order valence-electron chi connectivity index (χ4n) is 3.09. The van der Waals surface area contributed by atoms with Gasteiger partial charge in [-0.15, -0.1) is 5.10 Å². The monoisotopic (exact) mass is 321 g/mol. The fraction of sp³-hybridized carbons (Fsp3) is 0.467. The van der Waals surface area contributed by atoms with Crippen LogP contribution >= 0.6 is 0 Å². The molecule has 2 unspecified atom stereocenters. The molecular formula is C15H16FN3O2S. The molecule has 1 aromatic heterocycles. The molecule has 7 heteroatoms. The first-order valence-corrected chi connectivity index (χ1v) is 8.92. The number of benzene rings is 1. The molecule has 1 aliphatic carbocycles. The largest absolute Gasteiger partial charge is 0.267 e. The zero-order valence-corrected chi connectivity index (χ0v) is 12.9. The third-order valence-corrected chi connectivity index (χ3v) is 6.65. The van der Waals surface area contributed by atoms with Gasteiger partial charge in [-0.3, -0.25) is 0 Å². The summed E-state index contributed by atoms with van der Waals surface area (Å²) < 4.78 is 40.5. The first-order valence-electron chi connectivity index (χ1n) is 7.38. The molecule has 1 fully saturated rings. The van der Waals surface area contributed by atoms with Crippen molar-refractivity contribution in [2.75, 3.05) is 0 Å². The van der Waals surface area contributed by atoms with Crippen molar-refractivity contribution in [1.29, 1.82) is 0 Å². The van der Waals surface area contributed by atoms with Crippen LogP contribution in [0.25, 0.3) is 0 Å². The van der Waals surface area contributed by atoms with Crippen LogP contribution in [0.1, 0.15) is 43.4 Å². The SMILES string of the molecule is CC1CC1S(=O)(=O)c1nc2n(n1)[C@H](c1ccccc1)C[C@@H]2F. The topological polar surface area (TPSA) is 64.8 Å². The maximum atomic E-state index is 14.2. The van der Waals surface area contributed by atoms with Gasteiger partial charge in [-0.2, -0.15) is 4.98 Å². The molecule has 0 spiro atoms. The Morgan fingerprint density at radius 1 is 1.23 bits per heavy atom. The Bertz CT molecular complexity index is 819. The van der Waals surface area contributed by atoms with Gasteiger partial charge in [0.2, 0.25) is 9.84 Å². The van der Waals surface area contributed by atoms with E-state index in [-0.39, 0.29) is 29.4 Å². The Labute approximate surface area is 128 Å². The van der Waals surface area contributed by atoms with E-state index in [0.717, 1.165) is 5.56 Å². The molecule has 1 saturated carbocycles. The van der Waals surface area contributed by atoms with Crippen LogP contribution in [0.15, 0.2) is 35.5 Å². The van der Waals surface area contributed by atoms with Gasteiger partial charge in [-0.25, -0.2) is 17.5 Å². The minimum Gasteiger partial charge on any atom is -0.239 e. The number of rotatable bonds is 3. The van der Waals surface area contributed by atoms with Gasteiger partial charge in [-0.1, -0.05) is 37.3 Å². The van der Waals surface area contributed by atoms with Gasteiger partial charge in [0, 0.05) is 6.42 Å². The summed E-state index contributed by atoms with van der Waals surface area (Å²) in [6, 6.07) is 9.13. The van der Waals surface area contributed by atoms with Crippen molar-refractivity contribution in [2.24, 2.45) is 5.92 Å². The van der Waals surface area contributed by atoms with Crippen LogP contribution in [0.2, 0.25) is 0 Å². The molecule has 2 aromatic rings. The van der Waals surface area contributed by atoms with E-state index in [1.54, 1.807) is 0 Å². The number of aromatic nitrogens is 3. The summed E-state index contributed by atoms with van der Waals surface area (Å²) in [6.07, 6.45) is -0.398. The molecule has 4 atom stereocenters. The number of alkyl halides is 1. The number of hydrogen-bond donors (Lipinski definition) is 0. The number of hydrogen-bond acceptors (Lipinski definition) is 4. The predicted octanol–water partition coefficient (Wildman–Crippen LogP) is 2.46. The predicted molar refractivity (Wildman–Crippen MR) is 77.8 cm³/mol. The first-order chi connectivity index (χ1) is 10.5. The number of sulfone groups is 1. The zero-order valence-electron chi connectivity index (χ0n) is 12.1. The highest BCUT2D eigenvalue weighted by Gasteiger charge is 2.48. The average molecular weight is 321 g/mol. The quantitative estimate of drug-likeness (QED) is 0.871. The third kappa shape index (κ3) is 1.99. The van der Waals surface area contributed by atoms with Gasteiger partial charge in [0.05, 0.1) is 11.3 Å². The highest BCUT2D eigenvalue weighted by molar-refractivity contribution is 7.92. The van der Waals surface area contributed by atoms with Crippen LogP contribution < -0.4 is 0 Å². The van der Waals surface area contributed by atoms with Crippen molar-refractivity contribution in [3.63, 3.8) is 0 Å². The van der Waals surface area contributed by atoms with Crippen molar-refractivity contribution in [3.8, 4) is 0 Å². The standard InChI is InChI=1S/C15H16FN3O2S/c1-9-7-13(9)22(20,21)15-17-14-11(16)8-12(19(14)18-15)10-5-3-2-4-6-10/h2-6,9,11-13H,7-8H2,1H3/t9?,11-,12-,13?/m0/s1. The molecule has 22 heavy (non-hydrogen) atoms. The van der Waals surface area contributed by atoms with Crippen molar-refractivity contribution in [2.45, 2.75) is 42.4 Å². The molecule has 0 amide bonds. The maximum absolute atomic E-state index is 14.2. The number of halogens is 1. The van der Waals surface area contributed by atoms with E-state index < -0.39 is 21.3 Å². The number of fused-ring (bicyclic) bond motifs is 1. The van der Waals surface area contributed by atoms with E-state index in [1.165, 1.54) is 4.68 Å². The van der Waals surface area contributed by atoms with Crippen molar-refractivity contribution < 1.29 is 12.8 Å². The summed E-state index contributed by atoms with van der Waals surface area (Å²) in [7, 11) is -3.53. The molecule has 0 radical (unpaired) electrons. The molecule has 1 aliphatic heterocycles. The molecule has 2 aliphatic rings. The fourth-order valence-corrected chi connectivity index (χ4v) is 4.95. The summed E-state index contributed by atoms with van der Waals surface area (Å²) in [5, 5.41) is 3.51. The molecule has 116 valence electrons. The van der Waals surface area contributed by atoms with Crippen LogP contribution in [0.3, 0.4) is 0 Å². The summed E-state index contributed by atoms with van der Waals surface area (Å²) in [6.45, 7) is 1.89. The van der Waals surface area contributed by atoms with E-state index in [4.69, 9.17) is 0 Å². The van der Waals surface area contributed by atoms with Gasteiger partial charge < -0.3 is 0 Å². The minimum absolute atomic E-state index is 0.126. The Balaban J connectivity index is 1.75. The lowest BCUT2D eigenvalue weighted by molar-refractivity contribution is 0.326. The molecule has 0 N–H and O–H groups in total. The van der Waals surface area contributed by atoms with E-state index in [1.807, 2.05) is 37.3 Å². The van der Waals surface area contributed by atoms with Crippen LogP contribution in [0.4, 0.5) is 4.39 Å². The van der Waals surface area contributed by atoms with E-state index in [9.17, 15) is 12.8 Å². The van der Waals surface area contributed by atoms with Gasteiger partial charge in [0.15, 0.2) is 12.0 Å². The lowest BCUT2D eigenvalue weighted by Gasteiger charge is -2.11. The van der Waals surface area contributed by atoms with Crippen LogP contribution in [-0.4, -0.2) is 28.4 Å². The third-order valence-electron chi connectivity index (χ3n) is 4.52. The van der Waals surface area contributed by atoms with Gasteiger partial charge in [0.1, 0.15) is 0 Å². The van der Waals surface area contributed by atoms with Crippen LogP contribution in [0, 0.1) is 5.92 Å². The van der Waals surface area contributed by atoms with Gasteiger partial charge >= 0.3 is 0 Å². The summed E-state index contributed by atoms with van der Waals surface area (Å²) in [4.78, 5) is 4.00. The molecule has 2 heterocycles. The second-order valence-corrected chi connectivity index (χ2v) is 8.18. The normalized spacial score (nSPS) is 30.3. The smallest absolute Gasteiger partial charge is 0.239 e. The zero-order chi connectivity index (χ0) is 15.5. The highest BCUT2D eigenvalue weighted by Crippen LogP contribution is 2.42. The molecule has 5 nitrogen and oxygen atoms in total. The summed E-state index contributed by atoms with van der Waals surface area (Å²) in [5.41, 5.74) is 0.914. The van der Waals surface area contributed by atoms with Crippen molar-refractivity contribution in [3.05, 3.63) is 41.7 Å². The van der Waals surface area contributed by atoms with Crippen LogP contribution in [-0.2, 0) is 9.84 Å². The molecule has 0 bridgehead atoms. The maximum Gasteiger partial charge on any atom is 0.267 e. The molecular weight excluding hydrogens is 305 g/mol. The number of nitrogens with zero attached hydrogens (tertiary/aromatic N) is 3. The lowest BCUT2D eigenvalue weighted by atomic mass is 10.0. The van der Waals surface area contributed by atoms with E-state index >= 15 is 0 Å². The van der Waals surface area contributed by atoms with Gasteiger partial charge in [-0.05, 0) is 17.9 Å². The molecule has 1 aromatic carbocycles. The van der Waals surface area contributed by atoms with Crippen LogP contribution in [0.5, 0.6) is 0 Å². The molecule has 4 rings (SSSR count). The Morgan fingerprint density at radius 2 is 1.91 bits per heavy atom. The lowest BCUT2D eigenvalue weighted by Crippen LogP contribution is -2.13. The highest BCUT2D eigenvalue weighted by atomic mass is 32.2. The summed E-state index contributed by atoms with van der Waals surface area (Å²) >= 11 is 0. The Morgan fingerprint density at radius 3 is 2.55 bits per heavy atom. The molecule has 0 saturated heterocycles. The van der Waals surface area contributed by atoms with E-state index in [0.29, 0.717) is 6.42 Å².